The van der Waals surface area contributed by atoms with E-state index in [-0.39, 0.29) is 0 Å². The van der Waals surface area contributed by atoms with E-state index in [2.05, 4.69) is 216 Å². The summed E-state index contributed by atoms with van der Waals surface area (Å²) in [6.07, 6.45) is 0. The average Bonchev–Trinajstić information content (AvgIpc) is 3.82. The summed E-state index contributed by atoms with van der Waals surface area (Å²) in [4.78, 5) is 2.50. The predicted octanol–water partition coefficient (Wildman–Crippen LogP) is 15.1. The number of hydrogen-bond donors (Lipinski definition) is 0. The maximum absolute atomic E-state index is 2.50. The van der Waals surface area contributed by atoms with E-state index in [1.165, 1.54) is 80.7 Å². The molecule has 0 spiro atoms. The van der Waals surface area contributed by atoms with Gasteiger partial charge in [0.1, 0.15) is 0 Å². The normalized spacial score (nSPS) is 11.6. The number of aromatic nitrogens is 1. The largest absolute Gasteiger partial charge is 0.309 e. The van der Waals surface area contributed by atoms with Gasteiger partial charge in [-0.1, -0.05) is 152 Å². The number of hydrogen-bond acceptors (Lipinski definition) is 2. The molecule has 0 N–H and O–H groups in total. The minimum absolute atomic E-state index is 1.12. The molecule has 258 valence electrons. The molecule has 2 heterocycles. The van der Waals surface area contributed by atoms with Crippen molar-refractivity contribution in [3.63, 3.8) is 0 Å². The molecule has 11 aromatic rings. The Hall–Kier alpha value is -6.94. The molecule has 0 fully saturated rings. The van der Waals surface area contributed by atoms with E-state index in [1.807, 2.05) is 11.3 Å². The number of para-hydroxylation sites is 1. The van der Waals surface area contributed by atoms with Crippen molar-refractivity contribution in [3.05, 3.63) is 206 Å². The van der Waals surface area contributed by atoms with Gasteiger partial charge in [-0.3, -0.25) is 0 Å². The van der Waals surface area contributed by atoms with Gasteiger partial charge in [0.2, 0.25) is 0 Å². The van der Waals surface area contributed by atoms with Crippen LogP contribution < -0.4 is 4.90 Å². The smallest absolute Gasteiger partial charge is 0.0640 e. The molecule has 0 bridgehead atoms. The van der Waals surface area contributed by atoms with E-state index in [9.17, 15) is 0 Å². The number of thiophene rings is 1. The number of anilines is 3. The Morgan fingerprint density at radius 1 is 0.400 bits per heavy atom. The Morgan fingerprint density at radius 2 is 1.00 bits per heavy atom. The molecule has 11 rings (SSSR count). The molecule has 2 nitrogen and oxygen atoms in total. The van der Waals surface area contributed by atoms with Crippen LogP contribution in [0, 0.1) is 0 Å². The summed E-state index contributed by atoms with van der Waals surface area (Å²) in [6, 6.07) is 75.2. The second-order valence-corrected chi connectivity index (χ2v) is 15.2. The van der Waals surface area contributed by atoms with Gasteiger partial charge >= 0.3 is 0 Å². The molecule has 0 radical (unpaired) electrons. The van der Waals surface area contributed by atoms with Gasteiger partial charge in [0, 0.05) is 43.0 Å². The Morgan fingerprint density at radius 3 is 1.76 bits per heavy atom. The Kier molecular flexibility index (Phi) is 7.39. The van der Waals surface area contributed by atoms with Crippen molar-refractivity contribution in [1.82, 2.24) is 4.57 Å². The summed E-state index contributed by atoms with van der Waals surface area (Å²) in [7, 11) is 0. The van der Waals surface area contributed by atoms with Gasteiger partial charge in [-0.05, 0) is 82.2 Å². The minimum atomic E-state index is 1.12. The lowest BCUT2D eigenvalue weighted by atomic mass is 9.99. The summed E-state index contributed by atoms with van der Waals surface area (Å²) in [6.45, 7) is 0. The first-order valence-corrected chi connectivity index (χ1v) is 19.6. The zero-order valence-electron chi connectivity index (χ0n) is 29.9. The van der Waals surface area contributed by atoms with Gasteiger partial charge in [-0.2, -0.15) is 0 Å². The van der Waals surface area contributed by atoms with E-state index in [0.717, 1.165) is 17.1 Å². The van der Waals surface area contributed by atoms with E-state index in [0.29, 0.717) is 0 Å². The highest BCUT2D eigenvalue weighted by Crippen LogP contribution is 2.50. The maximum atomic E-state index is 2.50. The summed E-state index contributed by atoms with van der Waals surface area (Å²) in [5.41, 5.74) is 11.8. The van der Waals surface area contributed by atoms with Crippen molar-refractivity contribution in [2.24, 2.45) is 0 Å². The third-order valence-electron chi connectivity index (χ3n) is 11.0. The van der Waals surface area contributed by atoms with E-state index < -0.39 is 0 Å². The van der Waals surface area contributed by atoms with Crippen molar-refractivity contribution in [1.29, 1.82) is 0 Å². The molecular weight excluding hydrogens is 685 g/mol. The molecule has 0 saturated heterocycles. The first-order valence-electron chi connectivity index (χ1n) is 18.8. The fraction of sp³-hybridized carbons (Fsp3) is 0. The molecule has 0 unspecified atom stereocenters. The van der Waals surface area contributed by atoms with Gasteiger partial charge in [-0.25, -0.2) is 0 Å². The Bertz CT molecular complexity index is 3180. The van der Waals surface area contributed by atoms with Crippen LogP contribution in [0.3, 0.4) is 0 Å². The third kappa shape index (κ3) is 5.16. The number of fused-ring (bicyclic) bond motifs is 8. The standard InChI is InChI=1S/C52H34N2S/c1-4-15-35(16-5-1)37-27-30-41(31-28-37)54-46-32-29-38(36-17-6-2-7-18-36)33-45(46)50-48(34-39-19-10-11-22-42(39)51(50)54)53(40-20-8-3-9-21-40)47-25-14-24-44-43-23-12-13-26-49(43)55-52(44)47/h1-34H. The van der Waals surface area contributed by atoms with Gasteiger partial charge in [0.15, 0.2) is 0 Å². The molecule has 55 heavy (non-hydrogen) atoms. The van der Waals surface area contributed by atoms with Crippen molar-refractivity contribution < 1.29 is 0 Å². The van der Waals surface area contributed by atoms with E-state index >= 15 is 0 Å². The second kappa shape index (κ2) is 12.9. The highest BCUT2D eigenvalue weighted by atomic mass is 32.1. The highest BCUT2D eigenvalue weighted by molar-refractivity contribution is 7.26. The number of benzene rings is 9. The quantitative estimate of drug-likeness (QED) is 0.166. The van der Waals surface area contributed by atoms with Gasteiger partial charge in [0.25, 0.3) is 0 Å². The lowest BCUT2D eigenvalue weighted by Gasteiger charge is -2.27. The molecule has 0 amide bonds. The summed E-state index contributed by atoms with van der Waals surface area (Å²) < 4.78 is 5.06. The molecule has 9 aromatic carbocycles. The van der Waals surface area contributed by atoms with E-state index in [1.54, 1.807) is 0 Å². The van der Waals surface area contributed by atoms with Crippen molar-refractivity contribution in [3.8, 4) is 27.9 Å². The SMILES string of the molecule is c1ccc(-c2ccc(-n3c4ccc(-c5ccccc5)cc4c4c(N(c5ccccc5)c5cccc6c5sc5ccccc56)cc5ccccc5c43)cc2)cc1. The molecule has 0 aliphatic rings. The fourth-order valence-corrected chi connectivity index (χ4v) is 9.65. The molecule has 0 aliphatic heterocycles. The Labute approximate surface area is 323 Å². The van der Waals surface area contributed by atoms with Crippen LogP contribution in [0.25, 0.3) is 80.7 Å². The van der Waals surface area contributed by atoms with Crippen LogP contribution in [-0.2, 0) is 0 Å². The van der Waals surface area contributed by atoms with Crippen LogP contribution in [0.4, 0.5) is 17.1 Å². The molecule has 0 saturated carbocycles. The van der Waals surface area contributed by atoms with Crippen molar-refractivity contribution in [2.45, 2.75) is 0 Å². The van der Waals surface area contributed by atoms with Gasteiger partial charge in [0.05, 0.1) is 27.1 Å². The topological polar surface area (TPSA) is 8.17 Å². The van der Waals surface area contributed by atoms with Crippen LogP contribution >= 0.6 is 11.3 Å². The van der Waals surface area contributed by atoms with Crippen LogP contribution in [-0.4, -0.2) is 4.57 Å². The van der Waals surface area contributed by atoms with Gasteiger partial charge in [-0.15, -0.1) is 11.3 Å². The molecule has 0 atom stereocenters. The lowest BCUT2D eigenvalue weighted by molar-refractivity contribution is 1.19. The predicted molar refractivity (Wildman–Crippen MR) is 237 cm³/mol. The zero-order valence-corrected chi connectivity index (χ0v) is 30.7. The summed E-state index contributed by atoms with van der Waals surface area (Å²) >= 11 is 1.87. The monoisotopic (exact) mass is 718 g/mol. The van der Waals surface area contributed by atoms with Crippen LogP contribution in [0.15, 0.2) is 206 Å². The second-order valence-electron chi connectivity index (χ2n) is 14.1. The molecule has 3 heteroatoms. The average molecular weight is 719 g/mol. The summed E-state index contributed by atoms with van der Waals surface area (Å²) in [5, 5.41) is 7.43. The first-order chi connectivity index (χ1) is 27.3. The zero-order chi connectivity index (χ0) is 36.3. The number of nitrogens with zero attached hydrogens (tertiary/aromatic N) is 2. The minimum Gasteiger partial charge on any atom is -0.309 e. The molecule has 0 aliphatic carbocycles. The Balaban J connectivity index is 1.28. The molecule has 2 aromatic heterocycles. The number of rotatable bonds is 6. The van der Waals surface area contributed by atoms with Crippen LogP contribution in [0.5, 0.6) is 0 Å². The van der Waals surface area contributed by atoms with E-state index in [4.69, 9.17) is 0 Å². The van der Waals surface area contributed by atoms with Crippen molar-refractivity contribution in [2.75, 3.05) is 4.90 Å². The first kappa shape index (κ1) is 31.6. The van der Waals surface area contributed by atoms with Crippen LogP contribution in [0.1, 0.15) is 0 Å². The lowest BCUT2D eigenvalue weighted by Crippen LogP contribution is -2.10. The molecular formula is C52H34N2S. The third-order valence-corrected chi connectivity index (χ3v) is 12.2. The fourth-order valence-electron chi connectivity index (χ4n) is 8.45. The van der Waals surface area contributed by atoms with Crippen molar-refractivity contribution >= 4 is 81.1 Å². The van der Waals surface area contributed by atoms with Gasteiger partial charge < -0.3 is 9.47 Å². The maximum Gasteiger partial charge on any atom is 0.0640 e. The van der Waals surface area contributed by atoms with Crippen LogP contribution in [0.2, 0.25) is 0 Å². The summed E-state index contributed by atoms with van der Waals surface area (Å²) in [5.74, 6) is 0. The highest BCUT2D eigenvalue weighted by Gasteiger charge is 2.25.